The fourth-order valence-electron chi connectivity index (χ4n) is 10.3. The Labute approximate surface area is 354 Å². The van der Waals surface area contributed by atoms with Gasteiger partial charge in [0.25, 0.3) is 0 Å². The molecule has 2 nitrogen and oxygen atoms in total. The molecule has 60 heavy (non-hydrogen) atoms. The van der Waals surface area contributed by atoms with Crippen molar-refractivity contribution in [2.75, 3.05) is 0 Å². The van der Waals surface area contributed by atoms with E-state index in [1.165, 1.54) is 121 Å². The van der Waals surface area contributed by atoms with Crippen molar-refractivity contribution in [2.24, 2.45) is 0 Å². The zero-order valence-corrected chi connectivity index (χ0v) is 37.4. The first-order valence-electron chi connectivity index (χ1n) is 21.9. The van der Waals surface area contributed by atoms with Crippen molar-refractivity contribution in [3.8, 4) is 22.3 Å². The lowest BCUT2D eigenvalue weighted by molar-refractivity contribution is 0.568. The molecule has 11 aromatic rings. The van der Waals surface area contributed by atoms with Crippen LogP contribution >= 0.6 is 0 Å². The maximum atomic E-state index is 2.58. The molecule has 4 aromatic heterocycles. The third-order valence-corrected chi connectivity index (χ3v) is 13.7. The average molecular weight is 781 g/mol. The molecule has 0 atom stereocenters. The second-order valence-corrected chi connectivity index (χ2v) is 22.0. The predicted molar refractivity (Wildman–Crippen MR) is 261 cm³/mol. The van der Waals surface area contributed by atoms with E-state index in [1.807, 2.05) is 0 Å². The highest BCUT2D eigenvalue weighted by atomic mass is 14.9. The van der Waals surface area contributed by atoms with Gasteiger partial charge in [-0.3, -0.25) is 0 Å². The SMILES string of the molecule is CC(C)(C)c1cc(-c2ccc3c(c2)c2c4c5ccccc5n5c6ccc(-c7cc(C(C)(C)C)cc(C(C)(C)C)c7)cc6c(c6c7ccccc7n3c62)c45)cc(C(C)(C)C)c1. The van der Waals surface area contributed by atoms with Gasteiger partial charge in [-0.05, 0) is 103 Å². The molecule has 0 unspecified atom stereocenters. The van der Waals surface area contributed by atoms with Gasteiger partial charge >= 0.3 is 0 Å². The molecule has 0 amide bonds. The molecule has 0 aliphatic heterocycles. The van der Waals surface area contributed by atoms with Crippen LogP contribution in [0.3, 0.4) is 0 Å². The third kappa shape index (κ3) is 5.19. The molecule has 0 aliphatic carbocycles. The Bertz CT molecular complexity index is 3250. The van der Waals surface area contributed by atoms with Crippen molar-refractivity contribution in [1.82, 2.24) is 8.80 Å². The molecule has 0 aliphatic rings. The summed E-state index contributed by atoms with van der Waals surface area (Å²) in [6, 6.07) is 47.3. The van der Waals surface area contributed by atoms with Crippen LogP contribution in [0.4, 0.5) is 0 Å². The molecule has 0 N–H and O–H groups in total. The van der Waals surface area contributed by atoms with Crippen LogP contribution in [0.15, 0.2) is 121 Å². The lowest BCUT2D eigenvalue weighted by Gasteiger charge is -2.26. The number of para-hydroxylation sites is 2. The van der Waals surface area contributed by atoms with Crippen molar-refractivity contribution in [2.45, 2.75) is 105 Å². The summed E-state index contributed by atoms with van der Waals surface area (Å²) in [7, 11) is 0. The quantitative estimate of drug-likeness (QED) is 0.165. The van der Waals surface area contributed by atoms with Crippen molar-refractivity contribution in [1.29, 1.82) is 0 Å². The van der Waals surface area contributed by atoms with E-state index in [2.05, 4.69) is 213 Å². The van der Waals surface area contributed by atoms with Gasteiger partial charge in [0.05, 0.1) is 33.1 Å². The van der Waals surface area contributed by atoms with Gasteiger partial charge < -0.3 is 8.80 Å². The first kappa shape index (κ1) is 37.2. The first-order chi connectivity index (χ1) is 28.3. The molecule has 0 fully saturated rings. The second kappa shape index (κ2) is 11.9. The van der Waals surface area contributed by atoms with Crippen LogP contribution in [0.1, 0.15) is 105 Å². The van der Waals surface area contributed by atoms with Crippen molar-refractivity contribution in [3.05, 3.63) is 144 Å². The fourth-order valence-corrected chi connectivity index (χ4v) is 10.3. The summed E-state index contributed by atoms with van der Waals surface area (Å²) in [5.74, 6) is 0. The Morgan fingerprint density at radius 1 is 0.283 bits per heavy atom. The van der Waals surface area contributed by atoms with E-state index in [0.717, 1.165) is 0 Å². The number of aromatic nitrogens is 2. The molecule has 11 rings (SSSR count). The molecule has 0 spiro atoms. The number of rotatable bonds is 2. The van der Waals surface area contributed by atoms with Gasteiger partial charge in [-0.1, -0.05) is 168 Å². The van der Waals surface area contributed by atoms with Crippen LogP contribution in [0.5, 0.6) is 0 Å². The molecule has 298 valence electrons. The Morgan fingerprint density at radius 2 is 0.583 bits per heavy atom. The summed E-state index contributed by atoms with van der Waals surface area (Å²) in [6.07, 6.45) is 0. The van der Waals surface area contributed by atoms with Gasteiger partial charge in [-0.25, -0.2) is 0 Å². The lowest BCUT2D eigenvalue weighted by atomic mass is 9.79. The fraction of sp³-hybridized carbons (Fsp3) is 0.276. The Kier molecular flexibility index (Phi) is 7.38. The number of hydrogen-bond acceptors (Lipinski definition) is 0. The normalized spacial score (nSPS) is 13.7. The van der Waals surface area contributed by atoms with Crippen molar-refractivity contribution in [3.63, 3.8) is 0 Å². The summed E-state index contributed by atoms with van der Waals surface area (Å²) >= 11 is 0. The molecule has 4 heterocycles. The van der Waals surface area contributed by atoms with Crippen LogP contribution in [0, 0.1) is 0 Å². The zero-order chi connectivity index (χ0) is 42.0. The minimum Gasteiger partial charge on any atom is -0.308 e. The Balaban J connectivity index is 1.30. The van der Waals surface area contributed by atoms with E-state index in [1.54, 1.807) is 0 Å². The Morgan fingerprint density at radius 3 is 0.917 bits per heavy atom. The van der Waals surface area contributed by atoms with Crippen LogP contribution < -0.4 is 0 Å². The molecule has 0 bridgehead atoms. The minimum atomic E-state index is 0.0361. The highest BCUT2D eigenvalue weighted by Crippen LogP contribution is 2.52. The van der Waals surface area contributed by atoms with E-state index in [0.29, 0.717) is 0 Å². The second-order valence-electron chi connectivity index (χ2n) is 22.0. The molecule has 2 heteroatoms. The highest BCUT2D eigenvalue weighted by Gasteiger charge is 2.30. The van der Waals surface area contributed by atoms with Crippen molar-refractivity contribution >= 4 is 76.2 Å². The van der Waals surface area contributed by atoms with E-state index in [-0.39, 0.29) is 21.7 Å². The monoisotopic (exact) mass is 780 g/mol. The van der Waals surface area contributed by atoms with E-state index in [9.17, 15) is 0 Å². The number of benzene rings is 7. The van der Waals surface area contributed by atoms with E-state index >= 15 is 0 Å². The smallest absolute Gasteiger partial charge is 0.0634 e. The topological polar surface area (TPSA) is 8.82 Å². The summed E-state index contributed by atoms with van der Waals surface area (Å²) in [6.45, 7) is 28.0. The first-order valence-corrected chi connectivity index (χ1v) is 21.9. The summed E-state index contributed by atoms with van der Waals surface area (Å²) < 4.78 is 5.16. The summed E-state index contributed by atoms with van der Waals surface area (Å²) in [4.78, 5) is 0. The molecular weight excluding hydrogens is 725 g/mol. The van der Waals surface area contributed by atoms with Crippen LogP contribution in [0.2, 0.25) is 0 Å². The lowest BCUT2D eigenvalue weighted by Crippen LogP contribution is -2.16. The third-order valence-electron chi connectivity index (χ3n) is 13.7. The van der Waals surface area contributed by atoms with E-state index < -0.39 is 0 Å². The van der Waals surface area contributed by atoms with Gasteiger partial charge in [-0.15, -0.1) is 0 Å². The molecule has 7 aromatic carbocycles. The summed E-state index contributed by atoms with van der Waals surface area (Å²) in [5.41, 5.74) is 18.5. The molecule has 0 saturated heterocycles. The predicted octanol–water partition coefficient (Wildman–Crippen LogP) is 16.5. The number of nitrogens with zero attached hydrogens (tertiary/aromatic N) is 2. The number of hydrogen-bond donors (Lipinski definition) is 0. The van der Waals surface area contributed by atoms with Crippen LogP contribution in [0.25, 0.3) is 98.4 Å². The largest absolute Gasteiger partial charge is 0.308 e. The van der Waals surface area contributed by atoms with E-state index in [4.69, 9.17) is 0 Å². The minimum absolute atomic E-state index is 0.0361. The maximum Gasteiger partial charge on any atom is 0.0634 e. The van der Waals surface area contributed by atoms with Gasteiger partial charge in [0.15, 0.2) is 0 Å². The standard InChI is InChI=1S/C58H56N2/c1-55(2,3)37-25-35(26-38(31-37)56(4,5)6)33-21-23-47-43(29-33)51-49-41-17-13-16-20-46(41)60-48-24-22-34(36-27-39(57(7,8)9)32-40(28-36)58(10,11)12)30-44(48)52(54(49)60)50-42-18-14-15-19-45(42)59(47)53(50)51/h13-32H,1-12H3. The average Bonchev–Trinajstić information content (AvgIpc) is 3.92. The van der Waals surface area contributed by atoms with Gasteiger partial charge in [0.2, 0.25) is 0 Å². The van der Waals surface area contributed by atoms with Crippen LogP contribution in [-0.4, -0.2) is 8.80 Å². The number of fused-ring (bicyclic) bond motifs is 14. The highest BCUT2D eigenvalue weighted by molar-refractivity contribution is 6.45. The van der Waals surface area contributed by atoms with Gasteiger partial charge in [0.1, 0.15) is 0 Å². The summed E-state index contributed by atoms with van der Waals surface area (Å²) in [5, 5.41) is 10.7. The van der Waals surface area contributed by atoms with Gasteiger partial charge in [0, 0.05) is 43.1 Å². The molecular formula is C58H56N2. The molecule has 0 radical (unpaired) electrons. The molecule has 0 saturated carbocycles. The van der Waals surface area contributed by atoms with Crippen LogP contribution in [-0.2, 0) is 21.7 Å². The van der Waals surface area contributed by atoms with Crippen molar-refractivity contribution < 1.29 is 0 Å². The zero-order valence-electron chi connectivity index (χ0n) is 37.4. The Hall–Kier alpha value is -5.86. The maximum absolute atomic E-state index is 2.58. The van der Waals surface area contributed by atoms with Gasteiger partial charge in [-0.2, -0.15) is 0 Å².